The minimum absolute atomic E-state index is 0.0420. The van der Waals surface area contributed by atoms with Crippen molar-refractivity contribution >= 4 is 22.3 Å². The molecule has 2 unspecified atom stereocenters. The van der Waals surface area contributed by atoms with E-state index in [1.807, 2.05) is 45.3 Å². The molecule has 0 radical (unpaired) electrons. The molecule has 0 saturated carbocycles. The maximum absolute atomic E-state index is 12.8. The van der Waals surface area contributed by atoms with Crippen LogP contribution in [-0.4, -0.2) is 19.3 Å². The van der Waals surface area contributed by atoms with Crippen LogP contribution in [0, 0.1) is 5.92 Å². The lowest BCUT2D eigenvalue weighted by atomic mass is 9.96. The van der Waals surface area contributed by atoms with Crippen LogP contribution in [0.4, 0.5) is 0 Å². The van der Waals surface area contributed by atoms with Crippen LogP contribution >= 0.6 is 0 Å². The molecule has 4 nitrogen and oxygen atoms in total. The molecule has 3 aromatic rings. The van der Waals surface area contributed by atoms with Crippen LogP contribution in [0.15, 0.2) is 48.8 Å². The Morgan fingerprint density at radius 3 is 2.33 bits per heavy atom. The van der Waals surface area contributed by atoms with Crippen LogP contribution in [0.1, 0.15) is 65.3 Å². The summed E-state index contributed by atoms with van der Waals surface area (Å²) >= 11 is -1.15. The second-order valence-corrected chi connectivity index (χ2v) is 11.2. The van der Waals surface area contributed by atoms with Crippen LogP contribution in [0.3, 0.4) is 0 Å². The lowest BCUT2D eigenvalue weighted by molar-refractivity contribution is 0.456. The Labute approximate surface area is 183 Å². The number of pyridine rings is 2. The fourth-order valence-electron chi connectivity index (χ4n) is 3.52. The Morgan fingerprint density at radius 1 is 1.03 bits per heavy atom. The smallest absolute Gasteiger partial charge is 0.136 e. The second-order valence-electron chi connectivity index (χ2n) is 9.21. The normalized spacial score (nSPS) is 14.3. The fraction of sp³-hybridized carbons (Fsp3) is 0.440. The second kappa shape index (κ2) is 9.46. The number of nitrogens with zero attached hydrogens (tertiary/aromatic N) is 2. The van der Waals surface area contributed by atoms with Gasteiger partial charge >= 0.3 is 0 Å². The minimum atomic E-state index is -1.15. The molecule has 5 heteroatoms. The van der Waals surface area contributed by atoms with Gasteiger partial charge in [0, 0.05) is 29.1 Å². The zero-order valence-corrected chi connectivity index (χ0v) is 19.7. The predicted molar refractivity (Wildman–Crippen MR) is 128 cm³/mol. The molecule has 1 aromatic carbocycles. The van der Waals surface area contributed by atoms with Crippen LogP contribution in [0.2, 0.25) is 0 Å². The fourth-order valence-corrected chi connectivity index (χ4v) is 4.35. The first-order valence-electron chi connectivity index (χ1n) is 10.7. The highest BCUT2D eigenvalue weighted by atomic mass is 32.2. The van der Waals surface area contributed by atoms with Gasteiger partial charge in [-0.15, -0.1) is 4.72 Å². The number of aryl methyl sites for hydroxylation is 1. The Bertz CT molecular complexity index is 983. The molecule has 1 N–H and O–H groups in total. The van der Waals surface area contributed by atoms with Gasteiger partial charge in [0.15, 0.2) is 0 Å². The molecule has 160 valence electrons. The summed E-state index contributed by atoms with van der Waals surface area (Å²) in [5, 5.41) is 1.18. The van der Waals surface area contributed by atoms with Gasteiger partial charge in [-0.05, 0) is 86.6 Å². The molecule has 3 rings (SSSR count). The van der Waals surface area contributed by atoms with Gasteiger partial charge in [-0.25, -0.2) is 0 Å². The SMILES string of the molecule is CCc1cc(C(CC(C)C)N[S+]([O-])C(C)(C)C)nc2ccc(-c3ccncc3)cc12. The molecule has 0 fully saturated rings. The van der Waals surface area contributed by atoms with Crippen molar-refractivity contribution in [2.75, 3.05) is 0 Å². The summed E-state index contributed by atoms with van der Waals surface area (Å²) in [6, 6.07) is 12.6. The highest BCUT2D eigenvalue weighted by molar-refractivity contribution is 7.90. The van der Waals surface area contributed by atoms with E-state index < -0.39 is 11.4 Å². The average Bonchev–Trinajstić information content (AvgIpc) is 2.71. The molecular weight excluding hydrogens is 390 g/mol. The summed E-state index contributed by atoms with van der Waals surface area (Å²) in [7, 11) is 0. The van der Waals surface area contributed by atoms with E-state index in [0.29, 0.717) is 5.92 Å². The third kappa shape index (κ3) is 5.39. The lowest BCUT2D eigenvalue weighted by Crippen LogP contribution is -2.41. The third-order valence-electron chi connectivity index (χ3n) is 5.18. The van der Waals surface area contributed by atoms with Gasteiger partial charge in [-0.1, -0.05) is 26.8 Å². The highest BCUT2D eigenvalue weighted by Crippen LogP contribution is 2.30. The van der Waals surface area contributed by atoms with Crippen molar-refractivity contribution in [2.45, 2.75) is 65.2 Å². The van der Waals surface area contributed by atoms with Crippen LogP contribution in [0.5, 0.6) is 0 Å². The molecule has 0 amide bonds. The van der Waals surface area contributed by atoms with E-state index in [1.54, 1.807) is 0 Å². The predicted octanol–water partition coefficient (Wildman–Crippen LogP) is 6.00. The summed E-state index contributed by atoms with van der Waals surface area (Å²) < 4.78 is 15.9. The van der Waals surface area contributed by atoms with Crippen molar-refractivity contribution in [1.29, 1.82) is 0 Å². The molecule has 0 aliphatic rings. The van der Waals surface area contributed by atoms with E-state index in [1.165, 1.54) is 16.5 Å². The molecule has 0 saturated heterocycles. The summed E-state index contributed by atoms with van der Waals surface area (Å²) in [6.07, 6.45) is 5.44. The number of hydrogen-bond acceptors (Lipinski definition) is 4. The third-order valence-corrected chi connectivity index (χ3v) is 6.79. The molecule has 2 heterocycles. The number of fused-ring (bicyclic) bond motifs is 1. The molecule has 0 spiro atoms. The van der Waals surface area contributed by atoms with Gasteiger partial charge in [-0.3, -0.25) is 9.97 Å². The average molecular weight is 424 g/mol. The van der Waals surface area contributed by atoms with Crippen molar-refractivity contribution < 1.29 is 4.55 Å². The van der Waals surface area contributed by atoms with Gasteiger partial charge in [0.2, 0.25) is 0 Å². The first-order chi connectivity index (χ1) is 14.2. The Kier molecular flexibility index (Phi) is 7.17. The van der Waals surface area contributed by atoms with Gasteiger partial charge in [-0.2, -0.15) is 0 Å². The van der Waals surface area contributed by atoms with E-state index in [4.69, 9.17) is 4.98 Å². The summed E-state index contributed by atoms with van der Waals surface area (Å²) in [4.78, 5) is 9.12. The minimum Gasteiger partial charge on any atom is -0.598 e. The van der Waals surface area contributed by atoms with Crippen molar-refractivity contribution in [1.82, 2.24) is 14.7 Å². The Balaban J connectivity index is 2.04. The van der Waals surface area contributed by atoms with Crippen LogP contribution < -0.4 is 4.72 Å². The number of benzene rings is 1. The maximum Gasteiger partial charge on any atom is 0.136 e. The van der Waals surface area contributed by atoms with Crippen molar-refractivity contribution in [3.63, 3.8) is 0 Å². The number of hydrogen-bond donors (Lipinski definition) is 1. The van der Waals surface area contributed by atoms with Crippen molar-refractivity contribution in [2.24, 2.45) is 5.92 Å². The van der Waals surface area contributed by atoms with Gasteiger partial charge in [0.05, 0.1) is 17.3 Å². The first kappa shape index (κ1) is 22.7. The quantitative estimate of drug-likeness (QED) is 0.474. The van der Waals surface area contributed by atoms with Crippen molar-refractivity contribution in [3.8, 4) is 11.1 Å². The van der Waals surface area contributed by atoms with Crippen molar-refractivity contribution in [3.05, 3.63) is 60.0 Å². The van der Waals surface area contributed by atoms with E-state index in [9.17, 15) is 4.55 Å². The zero-order chi connectivity index (χ0) is 21.9. The van der Waals surface area contributed by atoms with E-state index in [2.05, 4.69) is 54.7 Å². The van der Waals surface area contributed by atoms with Gasteiger partial charge < -0.3 is 4.55 Å². The molecule has 2 atom stereocenters. The lowest BCUT2D eigenvalue weighted by Gasteiger charge is -2.29. The van der Waals surface area contributed by atoms with Gasteiger partial charge in [0.25, 0.3) is 0 Å². The molecule has 30 heavy (non-hydrogen) atoms. The van der Waals surface area contributed by atoms with Crippen LogP contribution in [0.25, 0.3) is 22.0 Å². The Hall–Kier alpha value is -1.95. The molecule has 0 aliphatic carbocycles. The molecular formula is C25H33N3OS. The highest BCUT2D eigenvalue weighted by Gasteiger charge is 2.31. The monoisotopic (exact) mass is 423 g/mol. The molecule has 0 aliphatic heterocycles. The zero-order valence-electron chi connectivity index (χ0n) is 18.9. The topological polar surface area (TPSA) is 60.9 Å². The number of nitrogens with one attached hydrogen (secondary N) is 1. The van der Waals surface area contributed by atoms with E-state index >= 15 is 0 Å². The van der Waals surface area contributed by atoms with Gasteiger partial charge in [0.1, 0.15) is 4.75 Å². The van der Waals surface area contributed by atoms with E-state index in [-0.39, 0.29) is 10.8 Å². The largest absolute Gasteiger partial charge is 0.598 e. The Morgan fingerprint density at radius 2 is 1.73 bits per heavy atom. The standard InChI is InChI=1S/C25H33N3OS/c1-7-18-16-23(24(14-17(2)3)28-30(29)25(4,5)6)27-22-9-8-20(15-21(18)22)19-10-12-26-13-11-19/h8-13,15-17,24,28H,7,14H2,1-6H3. The first-order valence-corrected chi connectivity index (χ1v) is 11.9. The summed E-state index contributed by atoms with van der Waals surface area (Å²) in [5.41, 5.74) is 5.54. The van der Waals surface area contributed by atoms with Crippen LogP contribution in [-0.2, 0) is 17.8 Å². The summed E-state index contributed by atoms with van der Waals surface area (Å²) in [5.74, 6) is 0.469. The van der Waals surface area contributed by atoms with E-state index in [0.717, 1.165) is 29.6 Å². The maximum atomic E-state index is 12.8. The summed E-state index contributed by atoms with van der Waals surface area (Å²) in [6.45, 7) is 12.5. The molecule has 0 bridgehead atoms. The number of aromatic nitrogens is 2. The molecule has 2 aromatic heterocycles. The number of rotatable bonds is 7.